The molecule has 0 radical (unpaired) electrons. The van der Waals surface area contributed by atoms with Gasteiger partial charge in [-0.15, -0.1) is 0 Å². The number of benzene rings is 3. The van der Waals surface area contributed by atoms with Gasteiger partial charge in [0, 0.05) is 16.3 Å². The van der Waals surface area contributed by atoms with Gasteiger partial charge in [-0.2, -0.15) is 0 Å². The van der Waals surface area contributed by atoms with E-state index in [0.717, 1.165) is 25.8 Å². The normalized spacial score (nSPS) is 14.1. The maximum atomic E-state index is 12.9. The highest BCUT2D eigenvalue weighted by Crippen LogP contribution is 2.38. The summed E-state index contributed by atoms with van der Waals surface area (Å²) >= 11 is 9.12. The maximum Gasteiger partial charge on any atom is 0.294 e. The summed E-state index contributed by atoms with van der Waals surface area (Å²) in [6.45, 7) is -0.146. The molecule has 8 nitrogen and oxygen atoms in total. The van der Waals surface area contributed by atoms with Crippen LogP contribution < -0.4 is 19.5 Å². The Hall–Kier alpha value is -3.22. The second-order valence-corrected chi connectivity index (χ2v) is 10.5. The van der Waals surface area contributed by atoms with E-state index >= 15 is 0 Å². The minimum absolute atomic E-state index is 0.204. The number of anilines is 1. The van der Waals surface area contributed by atoms with Gasteiger partial charge in [-0.05, 0) is 88.5 Å². The maximum absolute atomic E-state index is 12.9. The van der Waals surface area contributed by atoms with Crippen LogP contribution in [0.2, 0.25) is 5.02 Å². The quantitative estimate of drug-likeness (QED) is 0.215. The van der Waals surface area contributed by atoms with Crippen molar-refractivity contribution in [3.8, 4) is 17.2 Å². The Morgan fingerprint density at radius 1 is 1.08 bits per heavy atom. The molecule has 38 heavy (non-hydrogen) atoms. The average molecular weight is 665 g/mol. The van der Waals surface area contributed by atoms with Crippen LogP contribution in [0.15, 0.2) is 65.6 Å². The fourth-order valence-corrected chi connectivity index (χ4v) is 5.34. The van der Waals surface area contributed by atoms with Gasteiger partial charge in [0.15, 0.2) is 11.5 Å². The molecule has 1 saturated heterocycles. The number of nitrogens with one attached hydrogen (secondary N) is 1. The van der Waals surface area contributed by atoms with Gasteiger partial charge in [-0.25, -0.2) is 0 Å². The number of thioether (sulfide) groups is 1. The Morgan fingerprint density at radius 3 is 2.50 bits per heavy atom. The van der Waals surface area contributed by atoms with Crippen LogP contribution in [0, 0.1) is 3.57 Å². The summed E-state index contributed by atoms with van der Waals surface area (Å²) in [5.74, 6) is 0.611. The molecule has 3 amide bonds. The van der Waals surface area contributed by atoms with Gasteiger partial charge in [0.2, 0.25) is 5.91 Å². The predicted molar refractivity (Wildman–Crippen MR) is 156 cm³/mol. The number of imide groups is 1. The molecule has 1 aliphatic rings. The lowest BCUT2D eigenvalue weighted by molar-refractivity contribution is -0.127. The lowest BCUT2D eigenvalue weighted by Crippen LogP contribution is -2.36. The molecular weight excluding hydrogens is 643 g/mol. The second kappa shape index (κ2) is 12.5. The van der Waals surface area contributed by atoms with Crippen molar-refractivity contribution in [2.45, 2.75) is 6.61 Å². The third-order valence-electron chi connectivity index (χ3n) is 5.43. The van der Waals surface area contributed by atoms with E-state index in [2.05, 4.69) is 27.9 Å². The van der Waals surface area contributed by atoms with Crippen LogP contribution in [0.4, 0.5) is 10.5 Å². The van der Waals surface area contributed by atoms with E-state index in [4.69, 9.17) is 25.8 Å². The minimum Gasteiger partial charge on any atom is -0.497 e. The molecule has 1 aliphatic heterocycles. The van der Waals surface area contributed by atoms with E-state index in [0.29, 0.717) is 33.5 Å². The van der Waals surface area contributed by atoms with Crippen LogP contribution >= 0.6 is 46.0 Å². The van der Waals surface area contributed by atoms with E-state index in [-0.39, 0.29) is 11.5 Å². The zero-order valence-corrected chi connectivity index (χ0v) is 24.1. The number of halogens is 2. The summed E-state index contributed by atoms with van der Waals surface area (Å²) in [7, 11) is 3.06. The first-order valence-corrected chi connectivity index (χ1v) is 13.5. The Kier molecular flexibility index (Phi) is 9.18. The molecule has 0 saturated carbocycles. The Labute approximate surface area is 242 Å². The van der Waals surface area contributed by atoms with Crippen molar-refractivity contribution in [1.29, 1.82) is 0 Å². The standard InChI is InChI=1S/C27H22ClIN2O6S/c1-35-19-9-7-18(8-10-19)30-24(32)14-31-26(33)23(38-27(31)34)13-16-11-21(29)25(22(12-16)36-2)37-15-17-5-3-4-6-20(17)28/h3-13H,14-15H2,1-2H3,(H,30,32)/b23-13+. The fourth-order valence-electron chi connectivity index (χ4n) is 3.53. The zero-order valence-electron chi connectivity index (χ0n) is 20.3. The first-order chi connectivity index (χ1) is 18.3. The fraction of sp³-hybridized carbons (Fsp3) is 0.148. The van der Waals surface area contributed by atoms with Crippen LogP contribution in [0.3, 0.4) is 0 Å². The van der Waals surface area contributed by atoms with Crippen molar-refractivity contribution in [2.24, 2.45) is 0 Å². The molecular formula is C27H22ClIN2O6S. The monoisotopic (exact) mass is 664 g/mol. The number of methoxy groups -OCH3 is 2. The first kappa shape index (κ1) is 27.8. The van der Waals surface area contributed by atoms with Crippen molar-refractivity contribution < 1.29 is 28.6 Å². The molecule has 0 atom stereocenters. The summed E-state index contributed by atoms with van der Waals surface area (Å²) in [6, 6.07) is 17.7. The van der Waals surface area contributed by atoms with Crippen LogP contribution in [0.25, 0.3) is 6.08 Å². The topological polar surface area (TPSA) is 94.2 Å². The molecule has 0 bridgehead atoms. The molecule has 1 fully saturated rings. The van der Waals surface area contributed by atoms with E-state index in [1.54, 1.807) is 49.6 Å². The highest BCUT2D eigenvalue weighted by atomic mass is 127. The SMILES string of the molecule is COc1ccc(NC(=O)CN2C(=O)S/C(=C/c3cc(I)c(OCc4ccccc4Cl)c(OC)c3)C2=O)cc1. The third-order valence-corrected chi connectivity index (χ3v) is 7.51. The summed E-state index contributed by atoms with van der Waals surface area (Å²) in [4.78, 5) is 39.1. The van der Waals surface area contributed by atoms with Crippen LogP contribution in [0.5, 0.6) is 17.2 Å². The van der Waals surface area contributed by atoms with Crippen LogP contribution in [-0.2, 0) is 16.2 Å². The third kappa shape index (κ3) is 6.61. The molecule has 4 rings (SSSR count). The lowest BCUT2D eigenvalue weighted by Gasteiger charge is -2.14. The van der Waals surface area contributed by atoms with Crippen molar-refractivity contribution in [1.82, 2.24) is 4.90 Å². The number of nitrogens with zero attached hydrogens (tertiary/aromatic N) is 1. The molecule has 1 N–H and O–H groups in total. The summed E-state index contributed by atoms with van der Waals surface area (Å²) in [6.07, 6.45) is 1.59. The second-order valence-electron chi connectivity index (χ2n) is 7.96. The summed E-state index contributed by atoms with van der Waals surface area (Å²) in [5.41, 5.74) is 2.00. The largest absolute Gasteiger partial charge is 0.497 e. The van der Waals surface area contributed by atoms with Gasteiger partial charge >= 0.3 is 0 Å². The Balaban J connectivity index is 1.46. The molecule has 11 heteroatoms. The number of carbonyl (C=O) groups is 3. The highest BCUT2D eigenvalue weighted by molar-refractivity contribution is 14.1. The highest BCUT2D eigenvalue weighted by Gasteiger charge is 2.36. The van der Waals surface area contributed by atoms with E-state index in [1.807, 2.05) is 24.3 Å². The molecule has 0 aromatic heterocycles. The van der Waals surface area contributed by atoms with Crippen molar-refractivity contribution in [2.75, 3.05) is 26.1 Å². The van der Waals surface area contributed by atoms with Crippen molar-refractivity contribution in [3.63, 3.8) is 0 Å². The number of hydrogen-bond acceptors (Lipinski definition) is 7. The molecule has 196 valence electrons. The van der Waals surface area contributed by atoms with Gasteiger partial charge in [0.05, 0.1) is 22.7 Å². The van der Waals surface area contributed by atoms with Gasteiger partial charge in [-0.3, -0.25) is 19.3 Å². The number of carbonyl (C=O) groups excluding carboxylic acids is 3. The number of rotatable bonds is 9. The van der Waals surface area contributed by atoms with E-state index in [9.17, 15) is 14.4 Å². The Bertz CT molecular complexity index is 1410. The Morgan fingerprint density at radius 2 is 1.82 bits per heavy atom. The molecule has 0 aliphatic carbocycles. The van der Waals surface area contributed by atoms with Gasteiger partial charge in [0.25, 0.3) is 11.1 Å². The van der Waals surface area contributed by atoms with Crippen molar-refractivity contribution in [3.05, 3.63) is 85.3 Å². The van der Waals surface area contributed by atoms with Crippen molar-refractivity contribution >= 4 is 74.8 Å². The van der Waals surface area contributed by atoms with Gasteiger partial charge < -0.3 is 19.5 Å². The molecule has 3 aromatic carbocycles. The minimum atomic E-state index is -0.544. The van der Waals surface area contributed by atoms with Crippen LogP contribution in [-0.4, -0.2) is 42.7 Å². The van der Waals surface area contributed by atoms with Gasteiger partial charge in [-0.1, -0.05) is 29.8 Å². The molecule has 0 spiro atoms. The molecule has 3 aromatic rings. The zero-order chi connectivity index (χ0) is 27.2. The van der Waals surface area contributed by atoms with Gasteiger partial charge in [0.1, 0.15) is 18.9 Å². The smallest absolute Gasteiger partial charge is 0.294 e. The molecule has 1 heterocycles. The number of hydrogen-bond donors (Lipinski definition) is 1. The van der Waals surface area contributed by atoms with Crippen LogP contribution in [0.1, 0.15) is 11.1 Å². The predicted octanol–water partition coefficient (Wildman–Crippen LogP) is 6.22. The van der Waals surface area contributed by atoms with E-state index < -0.39 is 23.6 Å². The summed E-state index contributed by atoms with van der Waals surface area (Å²) in [5, 5.41) is 2.76. The lowest BCUT2D eigenvalue weighted by atomic mass is 10.1. The van der Waals surface area contributed by atoms with E-state index in [1.165, 1.54) is 7.11 Å². The average Bonchev–Trinajstić information content (AvgIpc) is 3.16. The number of ether oxygens (including phenoxy) is 3. The number of amides is 3. The molecule has 0 unspecified atom stereocenters. The first-order valence-electron chi connectivity index (χ1n) is 11.2. The summed E-state index contributed by atoms with van der Waals surface area (Å²) < 4.78 is 17.4.